The summed E-state index contributed by atoms with van der Waals surface area (Å²) in [5, 5.41) is 8.71. The van der Waals surface area contributed by atoms with Gasteiger partial charge in [0.2, 0.25) is 0 Å². The van der Waals surface area contributed by atoms with Gasteiger partial charge in [-0.3, -0.25) is 9.58 Å². The number of H-pyrrole nitrogens is 1. The van der Waals surface area contributed by atoms with E-state index >= 15 is 0 Å². The molecule has 1 aliphatic rings. The first-order valence-electron chi connectivity index (χ1n) is 10.3. The Morgan fingerprint density at radius 3 is 2.77 bits per heavy atom. The molecule has 3 aromatic heterocycles. The van der Waals surface area contributed by atoms with Gasteiger partial charge in [-0.05, 0) is 49.7 Å². The maximum Gasteiger partial charge on any atom is 0.142 e. The van der Waals surface area contributed by atoms with Gasteiger partial charge in [0.15, 0.2) is 0 Å². The molecule has 5 rings (SSSR count). The van der Waals surface area contributed by atoms with Gasteiger partial charge in [0.1, 0.15) is 11.6 Å². The Morgan fingerprint density at radius 2 is 2.00 bits per heavy atom. The Kier molecular flexibility index (Phi) is 4.88. The summed E-state index contributed by atoms with van der Waals surface area (Å²) in [4.78, 5) is 10.5. The van der Waals surface area contributed by atoms with Gasteiger partial charge in [-0.15, -0.1) is 0 Å². The van der Waals surface area contributed by atoms with Gasteiger partial charge in [-0.25, -0.2) is 4.98 Å². The van der Waals surface area contributed by atoms with Crippen LogP contribution in [0, 0.1) is 0 Å². The first kappa shape index (κ1) is 18.7. The zero-order valence-corrected chi connectivity index (χ0v) is 17.4. The molecule has 0 bridgehead atoms. The number of benzene rings is 1. The predicted molar refractivity (Wildman–Crippen MR) is 119 cm³/mol. The van der Waals surface area contributed by atoms with Crippen LogP contribution in [0.5, 0.6) is 5.75 Å². The molecule has 0 atom stereocenters. The van der Waals surface area contributed by atoms with Crippen LogP contribution < -0.4 is 10.1 Å². The Hall–Kier alpha value is -3.32. The third-order valence-corrected chi connectivity index (χ3v) is 5.65. The molecule has 4 heterocycles. The standard InChI is InChI=1S/C23H26N6O/c1-28-15-18(13-25-28)20-10-17-12-24-23(11-21(17)26-20)27-19-6-5-16(9-22(19)30-2)14-29-7-3-4-8-29/h5-6,9-13,15,26H,3-4,7-8,14H2,1-2H3,(H,24,27). The summed E-state index contributed by atoms with van der Waals surface area (Å²) in [7, 11) is 3.63. The summed E-state index contributed by atoms with van der Waals surface area (Å²) in [5.41, 5.74) is 5.29. The number of aromatic amines is 1. The molecule has 0 saturated carbocycles. The van der Waals surface area contributed by atoms with E-state index in [4.69, 9.17) is 4.74 Å². The second kappa shape index (κ2) is 7.84. The monoisotopic (exact) mass is 402 g/mol. The van der Waals surface area contributed by atoms with Gasteiger partial charge in [0.05, 0.1) is 24.5 Å². The molecule has 30 heavy (non-hydrogen) atoms. The second-order valence-electron chi connectivity index (χ2n) is 7.89. The van der Waals surface area contributed by atoms with Crippen LogP contribution in [0.3, 0.4) is 0 Å². The van der Waals surface area contributed by atoms with Crippen molar-refractivity contribution in [2.24, 2.45) is 7.05 Å². The normalized spacial score (nSPS) is 14.5. The molecule has 0 unspecified atom stereocenters. The maximum atomic E-state index is 5.65. The molecule has 0 spiro atoms. The number of pyridine rings is 1. The van der Waals surface area contributed by atoms with Crippen molar-refractivity contribution < 1.29 is 4.74 Å². The number of likely N-dealkylation sites (tertiary alicyclic amines) is 1. The van der Waals surface area contributed by atoms with Crippen LogP contribution in [0.15, 0.2) is 48.9 Å². The fourth-order valence-electron chi connectivity index (χ4n) is 4.08. The van der Waals surface area contributed by atoms with Crippen molar-refractivity contribution in [3.05, 3.63) is 54.5 Å². The molecule has 7 nitrogen and oxygen atoms in total. The average Bonchev–Trinajstić information content (AvgIpc) is 3.49. The van der Waals surface area contributed by atoms with Gasteiger partial charge in [-0.1, -0.05) is 6.07 Å². The van der Waals surface area contributed by atoms with E-state index in [1.807, 2.05) is 31.7 Å². The van der Waals surface area contributed by atoms with Crippen LogP contribution in [-0.2, 0) is 13.6 Å². The van der Waals surface area contributed by atoms with E-state index in [0.717, 1.165) is 46.0 Å². The highest BCUT2D eigenvalue weighted by Gasteiger charge is 2.14. The van der Waals surface area contributed by atoms with E-state index in [9.17, 15) is 0 Å². The highest BCUT2D eigenvalue weighted by atomic mass is 16.5. The van der Waals surface area contributed by atoms with Crippen molar-refractivity contribution in [3.63, 3.8) is 0 Å². The number of hydrogen-bond acceptors (Lipinski definition) is 5. The lowest BCUT2D eigenvalue weighted by Crippen LogP contribution is -2.18. The van der Waals surface area contributed by atoms with Gasteiger partial charge in [0, 0.05) is 48.7 Å². The van der Waals surface area contributed by atoms with Crippen molar-refractivity contribution in [1.29, 1.82) is 0 Å². The van der Waals surface area contributed by atoms with E-state index in [1.165, 1.54) is 31.5 Å². The third-order valence-electron chi connectivity index (χ3n) is 5.65. The second-order valence-corrected chi connectivity index (χ2v) is 7.89. The van der Waals surface area contributed by atoms with E-state index in [2.05, 4.69) is 49.5 Å². The maximum absolute atomic E-state index is 5.65. The van der Waals surface area contributed by atoms with Crippen LogP contribution in [-0.4, -0.2) is 44.8 Å². The van der Waals surface area contributed by atoms with Crippen LogP contribution in [0.25, 0.3) is 22.2 Å². The smallest absolute Gasteiger partial charge is 0.142 e. The van der Waals surface area contributed by atoms with E-state index in [-0.39, 0.29) is 0 Å². The Balaban J connectivity index is 1.37. The van der Waals surface area contributed by atoms with Crippen molar-refractivity contribution in [2.75, 3.05) is 25.5 Å². The SMILES string of the molecule is COc1cc(CN2CCCC2)ccc1Nc1cc2[nH]c(-c3cnn(C)c3)cc2cn1. The lowest BCUT2D eigenvalue weighted by atomic mass is 10.1. The van der Waals surface area contributed by atoms with E-state index < -0.39 is 0 Å². The zero-order valence-electron chi connectivity index (χ0n) is 17.4. The Morgan fingerprint density at radius 1 is 1.13 bits per heavy atom. The Labute approximate surface area is 175 Å². The van der Waals surface area contributed by atoms with Crippen molar-refractivity contribution in [1.82, 2.24) is 24.6 Å². The largest absolute Gasteiger partial charge is 0.495 e. The summed E-state index contributed by atoms with van der Waals surface area (Å²) < 4.78 is 7.45. The topological polar surface area (TPSA) is 71.0 Å². The minimum atomic E-state index is 0.771. The fourth-order valence-corrected chi connectivity index (χ4v) is 4.08. The number of nitrogens with zero attached hydrogens (tertiary/aromatic N) is 4. The van der Waals surface area contributed by atoms with E-state index in [1.54, 1.807) is 11.8 Å². The number of rotatable bonds is 6. The summed E-state index contributed by atoms with van der Waals surface area (Å²) in [6.07, 6.45) is 8.32. The van der Waals surface area contributed by atoms with Crippen LogP contribution in [0.1, 0.15) is 18.4 Å². The lowest BCUT2D eigenvalue weighted by Gasteiger charge is -2.17. The number of anilines is 2. The van der Waals surface area contributed by atoms with Gasteiger partial charge in [0.25, 0.3) is 0 Å². The molecular formula is C23H26N6O. The minimum Gasteiger partial charge on any atom is -0.495 e. The van der Waals surface area contributed by atoms with Crippen molar-refractivity contribution >= 4 is 22.4 Å². The molecule has 0 aliphatic carbocycles. The predicted octanol–water partition coefficient (Wildman–Crippen LogP) is 4.31. The average molecular weight is 403 g/mol. The third kappa shape index (κ3) is 3.76. The number of methoxy groups -OCH3 is 1. The van der Waals surface area contributed by atoms with Crippen LogP contribution in [0.2, 0.25) is 0 Å². The summed E-state index contributed by atoms with van der Waals surface area (Å²) in [6.45, 7) is 3.34. The highest BCUT2D eigenvalue weighted by Crippen LogP contribution is 2.31. The molecule has 0 radical (unpaired) electrons. The lowest BCUT2D eigenvalue weighted by molar-refractivity contribution is 0.330. The van der Waals surface area contributed by atoms with Gasteiger partial charge >= 0.3 is 0 Å². The molecule has 2 N–H and O–H groups in total. The van der Waals surface area contributed by atoms with Gasteiger partial charge < -0.3 is 15.0 Å². The molecule has 154 valence electrons. The quantitative estimate of drug-likeness (QED) is 0.503. The number of ether oxygens (including phenoxy) is 1. The molecular weight excluding hydrogens is 376 g/mol. The first-order valence-corrected chi connectivity index (χ1v) is 10.3. The zero-order chi connectivity index (χ0) is 20.5. The van der Waals surface area contributed by atoms with Crippen molar-refractivity contribution in [2.45, 2.75) is 19.4 Å². The molecule has 1 aliphatic heterocycles. The summed E-state index contributed by atoms with van der Waals surface area (Å²) >= 11 is 0. The number of nitrogens with one attached hydrogen (secondary N) is 2. The summed E-state index contributed by atoms with van der Waals surface area (Å²) in [6, 6.07) is 10.5. The van der Waals surface area contributed by atoms with Crippen molar-refractivity contribution in [3.8, 4) is 17.0 Å². The number of hydrogen-bond donors (Lipinski definition) is 2. The fraction of sp³-hybridized carbons (Fsp3) is 0.304. The molecule has 7 heteroatoms. The summed E-state index contributed by atoms with van der Waals surface area (Å²) in [5.74, 6) is 1.60. The molecule has 4 aromatic rings. The molecule has 1 fully saturated rings. The highest BCUT2D eigenvalue weighted by molar-refractivity contribution is 5.87. The van der Waals surface area contributed by atoms with Gasteiger partial charge in [-0.2, -0.15) is 5.10 Å². The molecule has 1 aromatic carbocycles. The molecule has 0 amide bonds. The van der Waals surface area contributed by atoms with Crippen LogP contribution >= 0.6 is 0 Å². The first-order chi connectivity index (χ1) is 14.7. The number of fused-ring (bicyclic) bond motifs is 1. The Bertz CT molecular complexity index is 1170. The number of aromatic nitrogens is 4. The number of aryl methyl sites for hydroxylation is 1. The van der Waals surface area contributed by atoms with Crippen LogP contribution in [0.4, 0.5) is 11.5 Å². The minimum absolute atomic E-state index is 0.771. The molecule has 1 saturated heterocycles. The van der Waals surface area contributed by atoms with E-state index in [0.29, 0.717) is 0 Å².